The molecule has 0 bridgehead atoms. The van der Waals surface area contributed by atoms with Crippen LogP contribution in [0.4, 0.5) is 5.69 Å². The Kier molecular flexibility index (Phi) is 4.33. The smallest absolute Gasteiger partial charge is 0.263 e. The maximum absolute atomic E-state index is 13.0. The van der Waals surface area contributed by atoms with Gasteiger partial charge in [-0.1, -0.05) is 33.6 Å². The van der Waals surface area contributed by atoms with Crippen LogP contribution in [0.5, 0.6) is 0 Å². The number of ketones is 1. The molecule has 2 aromatic rings. The van der Waals surface area contributed by atoms with Gasteiger partial charge in [-0.05, 0) is 50.1 Å². The van der Waals surface area contributed by atoms with Gasteiger partial charge < -0.3 is 10.0 Å². The van der Waals surface area contributed by atoms with Crippen molar-refractivity contribution in [3.8, 4) is 0 Å². The minimum Gasteiger partial charge on any atom is -0.375 e. The van der Waals surface area contributed by atoms with E-state index in [1.807, 2.05) is 39.0 Å². The standard InChI is InChI=1S/C20H20BrNO3/c1-11-7-12(2)18(13(3)8-11)17(23)10-20(25)15-9-14(21)5-6-16(15)22(4)19(20)24/h5-9,25H,10H2,1-4H3/t20-/m0/s1. The molecular weight excluding hydrogens is 382 g/mol. The van der Waals surface area contributed by atoms with Crippen LogP contribution in [0.1, 0.15) is 39.0 Å². The number of carbonyl (C=O) groups excluding carboxylic acids is 2. The van der Waals surface area contributed by atoms with Gasteiger partial charge in [0.05, 0.1) is 12.1 Å². The van der Waals surface area contributed by atoms with Crippen LogP contribution in [0.3, 0.4) is 0 Å². The van der Waals surface area contributed by atoms with Crippen molar-refractivity contribution in [3.05, 3.63) is 62.6 Å². The summed E-state index contributed by atoms with van der Waals surface area (Å²) in [7, 11) is 1.61. The summed E-state index contributed by atoms with van der Waals surface area (Å²) in [6.45, 7) is 5.74. The fourth-order valence-electron chi connectivity index (χ4n) is 3.75. The molecule has 1 N–H and O–H groups in total. The summed E-state index contributed by atoms with van der Waals surface area (Å²) in [4.78, 5) is 27.1. The van der Waals surface area contributed by atoms with E-state index in [1.54, 1.807) is 19.2 Å². The van der Waals surface area contributed by atoms with E-state index in [2.05, 4.69) is 15.9 Å². The zero-order valence-corrected chi connectivity index (χ0v) is 16.3. The van der Waals surface area contributed by atoms with Crippen LogP contribution < -0.4 is 4.90 Å². The first-order chi connectivity index (χ1) is 11.6. The highest BCUT2D eigenvalue weighted by Crippen LogP contribution is 2.43. The van der Waals surface area contributed by atoms with Crippen molar-refractivity contribution in [1.82, 2.24) is 0 Å². The maximum Gasteiger partial charge on any atom is 0.263 e. The lowest BCUT2D eigenvalue weighted by Gasteiger charge is -2.22. The van der Waals surface area contributed by atoms with Crippen LogP contribution in [0, 0.1) is 20.8 Å². The van der Waals surface area contributed by atoms with Crippen LogP contribution in [-0.2, 0) is 10.4 Å². The average molecular weight is 402 g/mol. The largest absolute Gasteiger partial charge is 0.375 e. The number of fused-ring (bicyclic) bond motifs is 1. The lowest BCUT2D eigenvalue weighted by Crippen LogP contribution is -2.40. The van der Waals surface area contributed by atoms with E-state index in [0.29, 0.717) is 16.8 Å². The molecule has 0 fully saturated rings. The number of amides is 1. The number of halogens is 1. The van der Waals surface area contributed by atoms with E-state index in [4.69, 9.17) is 0 Å². The Hall–Kier alpha value is -1.98. The fourth-order valence-corrected chi connectivity index (χ4v) is 4.11. The van der Waals surface area contributed by atoms with Gasteiger partial charge in [0.1, 0.15) is 0 Å². The van der Waals surface area contributed by atoms with Gasteiger partial charge in [-0.25, -0.2) is 0 Å². The fraction of sp³-hybridized carbons (Fsp3) is 0.300. The van der Waals surface area contributed by atoms with Crippen LogP contribution >= 0.6 is 15.9 Å². The summed E-state index contributed by atoms with van der Waals surface area (Å²) in [5, 5.41) is 11.1. The molecular formula is C20H20BrNO3. The summed E-state index contributed by atoms with van der Waals surface area (Å²) in [5.74, 6) is -0.705. The molecule has 1 atom stereocenters. The molecule has 0 saturated carbocycles. The molecule has 1 heterocycles. The van der Waals surface area contributed by atoms with Gasteiger partial charge in [-0.2, -0.15) is 0 Å². The van der Waals surface area contributed by atoms with Gasteiger partial charge in [0.25, 0.3) is 5.91 Å². The average Bonchev–Trinajstić information content (AvgIpc) is 2.68. The number of Topliss-reactive ketones (excluding diaryl/α,β-unsaturated/α-hetero) is 1. The summed E-state index contributed by atoms with van der Waals surface area (Å²) < 4.78 is 0.753. The van der Waals surface area contributed by atoms with Crippen molar-refractivity contribution in [2.45, 2.75) is 32.8 Å². The third kappa shape index (κ3) is 2.81. The molecule has 0 radical (unpaired) electrons. The van der Waals surface area contributed by atoms with Crippen LogP contribution in [0.2, 0.25) is 0 Å². The van der Waals surface area contributed by atoms with Crippen molar-refractivity contribution >= 4 is 33.3 Å². The molecule has 3 rings (SSSR count). The Bertz CT molecular complexity index is 883. The minimum absolute atomic E-state index is 0.230. The Morgan fingerprint density at radius 2 is 1.76 bits per heavy atom. The lowest BCUT2D eigenvalue weighted by atomic mass is 9.85. The summed E-state index contributed by atoms with van der Waals surface area (Å²) in [6.07, 6.45) is -0.273. The number of hydrogen-bond acceptors (Lipinski definition) is 3. The summed E-state index contributed by atoms with van der Waals surface area (Å²) >= 11 is 3.37. The maximum atomic E-state index is 13.0. The number of hydrogen-bond donors (Lipinski definition) is 1. The first kappa shape index (κ1) is 17.8. The second kappa shape index (κ2) is 6.07. The number of rotatable bonds is 3. The summed E-state index contributed by atoms with van der Waals surface area (Å²) in [6, 6.07) is 9.17. The normalized spacial score (nSPS) is 19.3. The molecule has 0 aliphatic carbocycles. The molecule has 5 heteroatoms. The van der Waals surface area contributed by atoms with E-state index in [0.717, 1.165) is 21.2 Å². The Morgan fingerprint density at radius 3 is 2.36 bits per heavy atom. The van der Waals surface area contributed by atoms with E-state index in [9.17, 15) is 14.7 Å². The Balaban J connectivity index is 2.05. The highest BCUT2D eigenvalue weighted by molar-refractivity contribution is 9.10. The first-order valence-electron chi connectivity index (χ1n) is 8.07. The number of nitrogens with zero attached hydrogens (tertiary/aromatic N) is 1. The van der Waals surface area contributed by atoms with Crippen LogP contribution in [0.25, 0.3) is 0 Å². The quantitative estimate of drug-likeness (QED) is 0.795. The number of aliphatic hydroxyl groups is 1. The van der Waals surface area contributed by atoms with Crippen LogP contribution in [-0.4, -0.2) is 23.8 Å². The van der Waals surface area contributed by atoms with E-state index in [-0.39, 0.29) is 12.2 Å². The molecule has 2 aromatic carbocycles. The zero-order chi connectivity index (χ0) is 18.5. The molecule has 1 amide bonds. The van der Waals surface area contributed by atoms with Crippen molar-refractivity contribution < 1.29 is 14.7 Å². The van der Waals surface area contributed by atoms with E-state index in [1.165, 1.54) is 4.90 Å². The Morgan fingerprint density at radius 1 is 1.16 bits per heavy atom. The first-order valence-corrected chi connectivity index (χ1v) is 8.86. The molecule has 0 unspecified atom stereocenters. The zero-order valence-electron chi connectivity index (χ0n) is 14.7. The molecule has 0 saturated heterocycles. The molecule has 25 heavy (non-hydrogen) atoms. The van der Waals surface area contributed by atoms with Crippen molar-refractivity contribution in [2.24, 2.45) is 0 Å². The monoisotopic (exact) mass is 401 g/mol. The molecule has 1 aliphatic rings. The molecule has 0 aromatic heterocycles. The van der Waals surface area contributed by atoms with Gasteiger partial charge in [0.15, 0.2) is 11.4 Å². The molecule has 4 nitrogen and oxygen atoms in total. The van der Waals surface area contributed by atoms with E-state index >= 15 is 0 Å². The van der Waals surface area contributed by atoms with E-state index < -0.39 is 11.5 Å². The minimum atomic E-state index is -1.84. The summed E-state index contributed by atoms with van der Waals surface area (Å²) in [5.41, 5.74) is 2.63. The number of likely N-dealkylation sites (N-methyl/N-ethyl adjacent to an activating group) is 1. The highest BCUT2D eigenvalue weighted by Gasteiger charge is 2.50. The number of carbonyl (C=O) groups is 2. The molecule has 1 aliphatic heterocycles. The number of anilines is 1. The highest BCUT2D eigenvalue weighted by atomic mass is 79.9. The number of aryl methyl sites for hydroxylation is 3. The molecule has 130 valence electrons. The molecule has 0 spiro atoms. The second-order valence-electron chi connectivity index (χ2n) is 6.76. The predicted octanol–water partition coefficient (Wildman–Crippen LogP) is 3.81. The Labute approximate surface area is 155 Å². The third-order valence-electron chi connectivity index (χ3n) is 4.80. The van der Waals surface area contributed by atoms with Gasteiger partial charge in [-0.15, -0.1) is 0 Å². The van der Waals surface area contributed by atoms with Gasteiger partial charge in [0.2, 0.25) is 0 Å². The van der Waals surface area contributed by atoms with Gasteiger partial charge in [0, 0.05) is 22.6 Å². The lowest BCUT2D eigenvalue weighted by molar-refractivity contribution is -0.135. The van der Waals surface area contributed by atoms with Gasteiger partial charge >= 0.3 is 0 Å². The second-order valence-corrected chi connectivity index (χ2v) is 7.68. The van der Waals surface area contributed by atoms with Gasteiger partial charge in [-0.3, -0.25) is 9.59 Å². The van der Waals surface area contributed by atoms with Crippen LogP contribution in [0.15, 0.2) is 34.8 Å². The SMILES string of the molecule is Cc1cc(C)c(C(=O)C[C@@]2(O)C(=O)N(C)c3ccc(Br)cc32)c(C)c1. The van der Waals surface area contributed by atoms with Crippen molar-refractivity contribution in [1.29, 1.82) is 0 Å². The predicted molar refractivity (Wildman–Crippen MR) is 101 cm³/mol. The topological polar surface area (TPSA) is 57.6 Å². The van der Waals surface area contributed by atoms with Crippen molar-refractivity contribution in [3.63, 3.8) is 0 Å². The third-order valence-corrected chi connectivity index (χ3v) is 5.29. The number of benzene rings is 2. The van der Waals surface area contributed by atoms with Crippen molar-refractivity contribution in [2.75, 3.05) is 11.9 Å².